The molecule has 1 unspecified atom stereocenters. The van der Waals surface area contributed by atoms with Crippen LogP contribution in [0.3, 0.4) is 0 Å². The summed E-state index contributed by atoms with van der Waals surface area (Å²) in [6.07, 6.45) is 6.61. The summed E-state index contributed by atoms with van der Waals surface area (Å²) in [6, 6.07) is 0.806. The van der Waals surface area contributed by atoms with E-state index in [-0.39, 0.29) is 0 Å². The second-order valence-electron chi connectivity index (χ2n) is 5.77. The van der Waals surface area contributed by atoms with Crippen molar-refractivity contribution in [2.75, 3.05) is 38.5 Å². The molecule has 2 aliphatic heterocycles. The first-order chi connectivity index (χ1) is 9.31. The Labute approximate surface area is 119 Å². The van der Waals surface area contributed by atoms with Crippen LogP contribution in [-0.2, 0) is 6.42 Å². The van der Waals surface area contributed by atoms with Gasteiger partial charge in [-0.2, -0.15) is 0 Å². The number of thiazole rings is 1. The first kappa shape index (κ1) is 13.3. The molecule has 1 aromatic heterocycles. The van der Waals surface area contributed by atoms with E-state index >= 15 is 0 Å². The second kappa shape index (κ2) is 6.20. The third-order valence-corrected chi connectivity index (χ3v) is 5.13. The van der Waals surface area contributed by atoms with Crippen molar-refractivity contribution in [2.24, 2.45) is 0 Å². The van der Waals surface area contributed by atoms with Gasteiger partial charge in [-0.25, -0.2) is 4.98 Å². The Morgan fingerprint density at radius 2 is 2.11 bits per heavy atom. The lowest BCUT2D eigenvalue weighted by Crippen LogP contribution is -2.41. The molecule has 4 nitrogen and oxygen atoms in total. The lowest BCUT2D eigenvalue weighted by molar-refractivity contribution is 0.162. The van der Waals surface area contributed by atoms with Gasteiger partial charge in [-0.3, -0.25) is 4.90 Å². The zero-order valence-corrected chi connectivity index (χ0v) is 12.4. The Kier molecular flexibility index (Phi) is 4.35. The fraction of sp³-hybridized carbons (Fsp3) is 0.786. The summed E-state index contributed by atoms with van der Waals surface area (Å²) in [5.74, 6) is 0. The number of hydrogen-bond donors (Lipinski definition) is 1. The van der Waals surface area contributed by atoms with Gasteiger partial charge in [-0.05, 0) is 38.9 Å². The summed E-state index contributed by atoms with van der Waals surface area (Å²) >= 11 is 1.55. The molecule has 19 heavy (non-hydrogen) atoms. The van der Waals surface area contributed by atoms with Crippen LogP contribution < -0.4 is 5.73 Å². The van der Waals surface area contributed by atoms with Crippen LogP contribution in [0.5, 0.6) is 0 Å². The maximum Gasteiger partial charge on any atom is 0.180 e. The van der Waals surface area contributed by atoms with E-state index in [1.54, 1.807) is 11.3 Å². The van der Waals surface area contributed by atoms with Gasteiger partial charge < -0.3 is 10.6 Å². The molecule has 1 atom stereocenters. The molecule has 3 heterocycles. The fourth-order valence-electron chi connectivity index (χ4n) is 3.31. The van der Waals surface area contributed by atoms with E-state index in [1.807, 2.05) is 0 Å². The Balaban J connectivity index is 1.43. The van der Waals surface area contributed by atoms with Crippen molar-refractivity contribution >= 4 is 16.5 Å². The summed E-state index contributed by atoms with van der Waals surface area (Å²) in [5.41, 5.74) is 6.83. The number of nitrogens with zero attached hydrogens (tertiary/aromatic N) is 3. The van der Waals surface area contributed by atoms with Gasteiger partial charge in [0.15, 0.2) is 5.13 Å². The van der Waals surface area contributed by atoms with Crippen molar-refractivity contribution in [2.45, 2.75) is 38.1 Å². The minimum Gasteiger partial charge on any atom is -0.375 e. The van der Waals surface area contributed by atoms with E-state index < -0.39 is 0 Å². The quantitative estimate of drug-likeness (QED) is 0.914. The molecule has 0 spiro atoms. The average Bonchev–Trinajstić information content (AvgIpc) is 3.06. The normalized spacial score (nSPS) is 26.0. The van der Waals surface area contributed by atoms with Crippen LogP contribution in [0.15, 0.2) is 5.38 Å². The summed E-state index contributed by atoms with van der Waals surface area (Å²) < 4.78 is 0. The van der Waals surface area contributed by atoms with E-state index in [2.05, 4.69) is 20.2 Å². The molecule has 0 amide bonds. The number of nitrogens with two attached hydrogens (primary N) is 1. The summed E-state index contributed by atoms with van der Waals surface area (Å²) in [6.45, 7) is 6.27. The summed E-state index contributed by atoms with van der Waals surface area (Å²) in [7, 11) is 0. The van der Waals surface area contributed by atoms with Gasteiger partial charge in [0.1, 0.15) is 0 Å². The van der Waals surface area contributed by atoms with Crippen LogP contribution in [0.25, 0.3) is 0 Å². The van der Waals surface area contributed by atoms with E-state index in [0.29, 0.717) is 5.13 Å². The molecule has 5 heteroatoms. The van der Waals surface area contributed by atoms with E-state index in [1.165, 1.54) is 51.9 Å². The Morgan fingerprint density at radius 1 is 1.26 bits per heavy atom. The van der Waals surface area contributed by atoms with Crippen molar-refractivity contribution in [1.29, 1.82) is 0 Å². The molecule has 2 saturated heterocycles. The first-order valence-corrected chi connectivity index (χ1v) is 8.35. The van der Waals surface area contributed by atoms with Crippen LogP contribution in [0.4, 0.5) is 5.13 Å². The molecule has 2 fully saturated rings. The molecule has 1 aromatic rings. The minimum absolute atomic E-state index is 0.697. The molecule has 0 aromatic carbocycles. The predicted octanol–water partition coefficient (Wildman–Crippen LogP) is 1.83. The highest BCUT2D eigenvalue weighted by atomic mass is 32.1. The van der Waals surface area contributed by atoms with Crippen LogP contribution in [0.2, 0.25) is 0 Å². The Bertz CT molecular complexity index is 400. The molecule has 2 N–H and O–H groups in total. The van der Waals surface area contributed by atoms with Crippen molar-refractivity contribution in [3.8, 4) is 0 Å². The van der Waals surface area contributed by atoms with E-state index in [4.69, 9.17) is 5.73 Å². The monoisotopic (exact) mass is 280 g/mol. The predicted molar refractivity (Wildman–Crippen MR) is 80.5 cm³/mol. The molecule has 0 saturated carbocycles. The number of piperidine rings is 1. The Morgan fingerprint density at radius 3 is 2.84 bits per heavy atom. The SMILES string of the molecule is Nc1nc(CCN2CCC(N3CCCCC3)C2)cs1. The van der Waals surface area contributed by atoms with Crippen molar-refractivity contribution in [1.82, 2.24) is 14.8 Å². The summed E-state index contributed by atoms with van der Waals surface area (Å²) in [5, 5.41) is 2.79. The van der Waals surface area contributed by atoms with Crippen LogP contribution in [0.1, 0.15) is 31.4 Å². The number of anilines is 1. The smallest absolute Gasteiger partial charge is 0.180 e. The molecule has 0 bridgehead atoms. The molecule has 0 aliphatic carbocycles. The molecule has 0 radical (unpaired) electrons. The molecule has 106 valence electrons. The van der Waals surface area contributed by atoms with Gasteiger partial charge in [-0.15, -0.1) is 11.3 Å². The number of rotatable bonds is 4. The fourth-order valence-corrected chi connectivity index (χ4v) is 3.90. The average molecular weight is 280 g/mol. The molecule has 2 aliphatic rings. The van der Waals surface area contributed by atoms with Crippen LogP contribution in [-0.4, -0.2) is 53.5 Å². The van der Waals surface area contributed by atoms with Gasteiger partial charge in [0.05, 0.1) is 5.69 Å². The maximum absolute atomic E-state index is 5.67. The number of hydrogen-bond acceptors (Lipinski definition) is 5. The topological polar surface area (TPSA) is 45.4 Å². The molecular formula is C14H24N4S. The highest BCUT2D eigenvalue weighted by molar-refractivity contribution is 7.13. The lowest BCUT2D eigenvalue weighted by atomic mass is 10.1. The van der Waals surface area contributed by atoms with Crippen LogP contribution >= 0.6 is 11.3 Å². The largest absolute Gasteiger partial charge is 0.375 e. The highest BCUT2D eigenvalue weighted by Gasteiger charge is 2.28. The van der Waals surface area contributed by atoms with Gasteiger partial charge in [0, 0.05) is 30.9 Å². The molecular weight excluding hydrogens is 256 g/mol. The van der Waals surface area contributed by atoms with Crippen molar-refractivity contribution in [3.63, 3.8) is 0 Å². The van der Waals surface area contributed by atoms with Gasteiger partial charge in [0.25, 0.3) is 0 Å². The Hall–Kier alpha value is -0.650. The van der Waals surface area contributed by atoms with Crippen molar-refractivity contribution < 1.29 is 0 Å². The van der Waals surface area contributed by atoms with Gasteiger partial charge in [0.2, 0.25) is 0 Å². The minimum atomic E-state index is 0.697. The first-order valence-electron chi connectivity index (χ1n) is 7.47. The van der Waals surface area contributed by atoms with Gasteiger partial charge >= 0.3 is 0 Å². The third kappa shape index (κ3) is 3.46. The standard InChI is InChI=1S/C14H24N4S/c15-14-16-12(11-19-14)4-8-17-9-5-13(10-17)18-6-2-1-3-7-18/h11,13H,1-10H2,(H2,15,16). The lowest BCUT2D eigenvalue weighted by Gasteiger charge is -2.32. The molecule has 3 rings (SSSR count). The number of likely N-dealkylation sites (tertiary alicyclic amines) is 2. The number of nitrogen functional groups attached to an aromatic ring is 1. The second-order valence-corrected chi connectivity index (χ2v) is 6.66. The third-order valence-electron chi connectivity index (χ3n) is 4.41. The van der Waals surface area contributed by atoms with E-state index in [9.17, 15) is 0 Å². The zero-order chi connectivity index (χ0) is 13.1. The van der Waals surface area contributed by atoms with Crippen molar-refractivity contribution in [3.05, 3.63) is 11.1 Å². The van der Waals surface area contributed by atoms with Gasteiger partial charge in [-0.1, -0.05) is 6.42 Å². The maximum atomic E-state index is 5.67. The summed E-state index contributed by atoms with van der Waals surface area (Å²) in [4.78, 5) is 9.64. The van der Waals surface area contributed by atoms with Crippen LogP contribution in [0, 0.1) is 0 Å². The zero-order valence-electron chi connectivity index (χ0n) is 11.6. The highest BCUT2D eigenvalue weighted by Crippen LogP contribution is 2.20. The number of aromatic nitrogens is 1. The van der Waals surface area contributed by atoms with E-state index in [0.717, 1.165) is 24.7 Å².